The van der Waals surface area contributed by atoms with E-state index in [0.717, 1.165) is 9.13 Å². The molecule has 116 valence electrons. The molecule has 0 N–H and O–H groups in total. The Balaban J connectivity index is 1.76. The van der Waals surface area contributed by atoms with E-state index in [9.17, 15) is 4.79 Å². The average molecular weight is 412 g/mol. The minimum atomic E-state index is -0.392. The van der Waals surface area contributed by atoms with Crippen molar-refractivity contribution >= 4 is 28.6 Å². The monoisotopic (exact) mass is 412 g/mol. The van der Waals surface area contributed by atoms with Gasteiger partial charge in [-0.1, -0.05) is 30.3 Å². The fourth-order valence-corrected chi connectivity index (χ4v) is 2.33. The summed E-state index contributed by atoms with van der Waals surface area (Å²) in [5.74, 6) is 0.739. The first kappa shape index (κ1) is 16.6. The molecule has 0 unspecified atom stereocenters. The van der Waals surface area contributed by atoms with Gasteiger partial charge in [0.05, 0.1) is 13.7 Å². The highest BCUT2D eigenvalue weighted by Crippen LogP contribution is 2.28. The molecule has 22 heavy (non-hydrogen) atoms. The Labute approximate surface area is 143 Å². The number of halogens is 1. The van der Waals surface area contributed by atoms with Gasteiger partial charge in [-0.25, -0.2) is 4.79 Å². The van der Waals surface area contributed by atoms with E-state index in [-0.39, 0.29) is 6.61 Å². The number of hydrogen-bond donors (Lipinski definition) is 0. The predicted octanol–water partition coefficient (Wildman–Crippen LogP) is 3.46. The van der Waals surface area contributed by atoms with E-state index in [1.807, 2.05) is 42.5 Å². The minimum absolute atomic E-state index is 0.133. The quantitative estimate of drug-likeness (QED) is 0.516. The third-order valence-corrected chi connectivity index (χ3v) is 3.64. The molecule has 0 spiro atoms. The molecule has 0 amide bonds. The Bertz CT molecular complexity index is 613. The molecule has 0 heterocycles. The van der Waals surface area contributed by atoms with Gasteiger partial charge in [0.2, 0.25) is 0 Å². The molecule has 0 aliphatic rings. The smallest absolute Gasteiger partial charge is 0.344 e. The first-order chi connectivity index (χ1) is 10.7. The van der Waals surface area contributed by atoms with E-state index in [1.54, 1.807) is 13.2 Å². The average Bonchev–Trinajstić information content (AvgIpc) is 2.54. The van der Waals surface area contributed by atoms with E-state index < -0.39 is 5.97 Å². The second kappa shape index (κ2) is 8.63. The lowest BCUT2D eigenvalue weighted by atomic mass is 10.2. The van der Waals surface area contributed by atoms with E-state index in [1.165, 1.54) is 0 Å². The van der Waals surface area contributed by atoms with Crippen molar-refractivity contribution in [2.75, 3.05) is 20.3 Å². The van der Waals surface area contributed by atoms with Crippen molar-refractivity contribution in [2.24, 2.45) is 0 Å². The van der Waals surface area contributed by atoms with Crippen LogP contribution in [0, 0.1) is 3.57 Å². The molecule has 0 atom stereocenters. The van der Waals surface area contributed by atoms with Crippen LogP contribution in [0.15, 0.2) is 48.5 Å². The van der Waals surface area contributed by atoms with Gasteiger partial charge in [-0.15, -0.1) is 0 Å². The van der Waals surface area contributed by atoms with Gasteiger partial charge in [0, 0.05) is 9.99 Å². The van der Waals surface area contributed by atoms with Crippen molar-refractivity contribution in [3.05, 3.63) is 57.7 Å². The number of carbonyl (C=O) groups is 1. The molecule has 2 aromatic rings. The third-order valence-electron chi connectivity index (χ3n) is 2.97. The number of hydrogen-bond acceptors (Lipinski definition) is 4. The fourth-order valence-electron chi connectivity index (χ4n) is 1.87. The van der Waals surface area contributed by atoms with Crippen LogP contribution in [0.5, 0.6) is 11.5 Å². The Morgan fingerprint density at radius 3 is 2.59 bits per heavy atom. The molecule has 2 aromatic carbocycles. The number of ether oxygens (including phenoxy) is 3. The molecule has 0 aromatic heterocycles. The number of carbonyl (C=O) groups excluding carboxylic acids is 1. The Kier molecular flexibility index (Phi) is 6.51. The van der Waals surface area contributed by atoms with Gasteiger partial charge in [0.15, 0.2) is 18.1 Å². The van der Waals surface area contributed by atoms with Gasteiger partial charge >= 0.3 is 5.97 Å². The second-order valence-corrected chi connectivity index (χ2v) is 5.79. The topological polar surface area (TPSA) is 44.8 Å². The van der Waals surface area contributed by atoms with Crippen molar-refractivity contribution in [3.63, 3.8) is 0 Å². The second-order valence-electron chi connectivity index (χ2n) is 4.54. The Morgan fingerprint density at radius 1 is 1.09 bits per heavy atom. The van der Waals surface area contributed by atoms with Crippen LogP contribution in [0.3, 0.4) is 0 Å². The van der Waals surface area contributed by atoms with Crippen LogP contribution < -0.4 is 9.47 Å². The molecule has 0 aliphatic carbocycles. The van der Waals surface area contributed by atoms with E-state index in [2.05, 4.69) is 22.6 Å². The highest BCUT2D eigenvalue weighted by molar-refractivity contribution is 14.1. The van der Waals surface area contributed by atoms with E-state index in [4.69, 9.17) is 14.2 Å². The van der Waals surface area contributed by atoms with Gasteiger partial charge in [-0.05, 0) is 46.4 Å². The number of benzene rings is 2. The molecule has 5 heteroatoms. The highest BCUT2D eigenvalue weighted by Gasteiger charge is 2.09. The molecule has 0 bridgehead atoms. The molecule has 0 radical (unpaired) electrons. The zero-order chi connectivity index (χ0) is 15.8. The summed E-state index contributed by atoms with van der Waals surface area (Å²) in [6.07, 6.45) is 0.694. The van der Waals surface area contributed by atoms with Gasteiger partial charge in [-0.3, -0.25) is 0 Å². The maximum atomic E-state index is 11.7. The van der Waals surface area contributed by atoms with Gasteiger partial charge in [-0.2, -0.15) is 0 Å². The van der Waals surface area contributed by atoms with Crippen LogP contribution in [0.2, 0.25) is 0 Å². The van der Waals surface area contributed by atoms with E-state index >= 15 is 0 Å². The molecule has 0 saturated carbocycles. The maximum absolute atomic E-state index is 11.7. The zero-order valence-electron chi connectivity index (χ0n) is 12.3. The molecular formula is C17H17IO4. The summed E-state index contributed by atoms with van der Waals surface area (Å²) in [6.45, 7) is 0.210. The van der Waals surface area contributed by atoms with Crippen LogP contribution in [-0.4, -0.2) is 26.3 Å². The van der Waals surface area contributed by atoms with Crippen LogP contribution in [0.1, 0.15) is 5.56 Å². The first-order valence-corrected chi connectivity index (χ1v) is 7.93. The van der Waals surface area contributed by atoms with Crippen LogP contribution in [0.25, 0.3) is 0 Å². The molecular weight excluding hydrogens is 395 g/mol. The van der Waals surface area contributed by atoms with Crippen molar-refractivity contribution in [1.82, 2.24) is 0 Å². The summed E-state index contributed by atoms with van der Waals surface area (Å²) in [5, 5.41) is 0. The van der Waals surface area contributed by atoms with Gasteiger partial charge in [0.25, 0.3) is 0 Å². The number of methoxy groups -OCH3 is 1. The SMILES string of the molecule is COc1cc(I)ccc1OCC(=O)OCCc1ccccc1. The summed E-state index contributed by atoms with van der Waals surface area (Å²) < 4.78 is 16.9. The number of esters is 1. The van der Waals surface area contributed by atoms with Gasteiger partial charge < -0.3 is 14.2 Å². The lowest BCUT2D eigenvalue weighted by Crippen LogP contribution is -2.16. The molecule has 0 saturated heterocycles. The number of rotatable bonds is 7. The Hall–Kier alpha value is -1.76. The largest absolute Gasteiger partial charge is 0.493 e. The first-order valence-electron chi connectivity index (χ1n) is 6.85. The molecule has 0 aliphatic heterocycles. The summed E-state index contributed by atoms with van der Waals surface area (Å²) in [6, 6.07) is 15.4. The zero-order valence-corrected chi connectivity index (χ0v) is 14.4. The van der Waals surface area contributed by atoms with Crippen LogP contribution in [0.4, 0.5) is 0 Å². The standard InChI is InChI=1S/C17H17IO4/c1-20-16-11-14(18)7-8-15(16)22-12-17(19)21-10-9-13-5-3-2-4-6-13/h2-8,11H,9-10,12H2,1H3. The van der Waals surface area contributed by atoms with Gasteiger partial charge in [0.1, 0.15) is 0 Å². The third kappa shape index (κ3) is 5.22. The van der Waals surface area contributed by atoms with Crippen molar-refractivity contribution in [1.29, 1.82) is 0 Å². The molecule has 2 rings (SSSR count). The summed E-state index contributed by atoms with van der Waals surface area (Å²) in [4.78, 5) is 11.7. The van der Waals surface area contributed by atoms with Crippen LogP contribution >= 0.6 is 22.6 Å². The summed E-state index contributed by atoms with van der Waals surface area (Å²) >= 11 is 2.18. The van der Waals surface area contributed by atoms with Crippen molar-refractivity contribution < 1.29 is 19.0 Å². The van der Waals surface area contributed by atoms with E-state index in [0.29, 0.717) is 24.5 Å². The lowest BCUT2D eigenvalue weighted by Gasteiger charge is -2.10. The lowest BCUT2D eigenvalue weighted by molar-refractivity contribution is -0.145. The summed E-state index contributed by atoms with van der Waals surface area (Å²) in [5.41, 5.74) is 1.13. The molecule has 4 nitrogen and oxygen atoms in total. The summed E-state index contributed by atoms with van der Waals surface area (Å²) in [7, 11) is 1.57. The molecule has 0 fully saturated rings. The Morgan fingerprint density at radius 2 is 1.86 bits per heavy atom. The highest BCUT2D eigenvalue weighted by atomic mass is 127. The van der Waals surface area contributed by atoms with Crippen molar-refractivity contribution in [2.45, 2.75) is 6.42 Å². The predicted molar refractivity (Wildman–Crippen MR) is 92.3 cm³/mol. The fraction of sp³-hybridized carbons (Fsp3) is 0.235. The van der Waals surface area contributed by atoms with Crippen molar-refractivity contribution in [3.8, 4) is 11.5 Å². The normalized spacial score (nSPS) is 10.1. The minimum Gasteiger partial charge on any atom is -0.493 e. The van der Waals surface area contributed by atoms with Crippen LogP contribution in [-0.2, 0) is 16.0 Å². The maximum Gasteiger partial charge on any atom is 0.344 e.